The molecule has 0 amide bonds. The third-order valence-corrected chi connectivity index (χ3v) is 5.20. The molecule has 1 aromatic rings. The van der Waals surface area contributed by atoms with Gasteiger partial charge >= 0.3 is 5.97 Å². The molecule has 0 spiro atoms. The van der Waals surface area contributed by atoms with Crippen molar-refractivity contribution in [1.29, 1.82) is 0 Å². The predicted octanol–water partition coefficient (Wildman–Crippen LogP) is 0.680. The molecule has 1 aliphatic heterocycles. The summed E-state index contributed by atoms with van der Waals surface area (Å²) in [6, 6.07) is 2.20. The zero-order valence-corrected chi connectivity index (χ0v) is 11.7. The summed E-state index contributed by atoms with van der Waals surface area (Å²) in [6.45, 7) is 1.69. The molecule has 6 nitrogen and oxygen atoms in total. The van der Waals surface area contributed by atoms with Gasteiger partial charge in [-0.25, -0.2) is 13.2 Å². The normalized spacial score (nSPS) is 20.8. The van der Waals surface area contributed by atoms with E-state index in [4.69, 9.17) is 9.84 Å². The van der Waals surface area contributed by atoms with Crippen LogP contribution in [0.2, 0.25) is 0 Å². The Labute approximate surface area is 111 Å². The fourth-order valence-corrected chi connectivity index (χ4v) is 4.39. The van der Waals surface area contributed by atoms with Crippen LogP contribution in [0.25, 0.3) is 0 Å². The highest BCUT2D eigenvalue weighted by atomic mass is 32.2. The van der Waals surface area contributed by atoms with Crippen LogP contribution in [0.5, 0.6) is 5.75 Å². The molecule has 19 heavy (non-hydrogen) atoms. The van der Waals surface area contributed by atoms with E-state index in [1.54, 1.807) is 26.1 Å². The summed E-state index contributed by atoms with van der Waals surface area (Å²) >= 11 is 0. The molecule has 0 saturated heterocycles. The van der Waals surface area contributed by atoms with E-state index in [2.05, 4.69) is 0 Å². The molecule has 0 aromatic heterocycles. The number of carboxylic acid groups (broad SMARTS) is 1. The Bertz CT molecular complexity index is 638. The number of carbonyl (C=O) groups is 1. The summed E-state index contributed by atoms with van der Waals surface area (Å²) in [6.07, 6.45) is 0. The molecule has 1 aromatic carbocycles. The number of aryl methyl sites for hydroxylation is 1. The van der Waals surface area contributed by atoms with Crippen molar-refractivity contribution in [3.8, 4) is 5.75 Å². The number of methoxy groups -OCH3 is 1. The van der Waals surface area contributed by atoms with E-state index >= 15 is 0 Å². The number of aliphatic carboxylic acids is 1. The highest BCUT2D eigenvalue weighted by Gasteiger charge is 2.40. The number of hydrogen-bond donors (Lipinski definition) is 1. The van der Waals surface area contributed by atoms with E-state index in [-0.39, 0.29) is 4.90 Å². The molecule has 0 bridgehead atoms. The number of hydrogen-bond acceptors (Lipinski definition) is 5. The zero-order valence-electron chi connectivity index (χ0n) is 10.9. The van der Waals surface area contributed by atoms with Crippen molar-refractivity contribution in [2.45, 2.75) is 17.9 Å². The lowest BCUT2D eigenvalue weighted by atomic mass is 10.1. The van der Waals surface area contributed by atoms with Gasteiger partial charge in [-0.05, 0) is 18.6 Å². The van der Waals surface area contributed by atoms with Crippen LogP contribution in [0.15, 0.2) is 17.0 Å². The molecule has 1 aliphatic rings. The van der Waals surface area contributed by atoms with Crippen molar-refractivity contribution >= 4 is 21.5 Å². The summed E-state index contributed by atoms with van der Waals surface area (Å²) in [5, 5.41) is 9.15. The van der Waals surface area contributed by atoms with Crippen molar-refractivity contribution in [2.24, 2.45) is 0 Å². The second-order valence-corrected chi connectivity index (χ2v) is 6.48. The van der Waals surface area contributed by atoms with Crippen LogP contribution in [0.1, 0.15) is 5.56 Å². The lowest BCUT2D eigenvalue weighted by molar-refractivity contribution is -0.138. The molecule has 1 unspecified atom stereocenters. The smallest absolute Gasteiger partial charge is 0.327 e. The number of rotatable bonds is 2. The Kier molecular flexibility index (Phi) is 3.17. The van der Waals surface area contributed by atoms with Gasteiger partial charge in [0.1, 0.15) is 11.8 Å². The maximum absolute atomic E-state index is 12.3. The summed E-state index contributed by atoms with van der Waals surface area (Å²) in [7, 11) is -0.645. The lowest BCUT2D eigenvalue weighted by Crippen LogP contribution is -2.47. The minimum absolute atomic E-state index is 0.159. The van der Waals surface area contributed by atoms with Gasteiger partial charge in [0.05, 0.1) is 23.4 Å². The Hall–Kier alpha value is -1.76. The molecule has 0 radical (unpaired) electrons. The Balaban J connectivity index is 2.79. The predicted molar refractivity (Wildman–Crippen MR) is 69.6 cm³/mol. The van der Waals surface area contributed by atoms with Crippen molar-refractivity contribution in [3.05, 3.63) is 17.7 Å². The first-order valence-corrected chi connectivity index (χ1v) is 7.31. The Morgan fingerprint density at radius 2 is 2.11 bits per heavy atom. The topological polar surface area (TPSA) is 83.9 Å². The van der Waals surface area contributed by atoms with Gasteiger partial charge in [0.2, 0.25) is 0 Å². The summed E-state index contributed by atoms with van der Waals surface area (Å²) < 4.78 is 29.7. The maximum atomic E-state index is 12.3. The van der Waals surface area contributed by atoms with E-state index < -0.39 is 27.6 Å². The van der Waals surface area contributed by atoms with Crippen LogP contribution in [0.4, 0.5) is 5.69 Å². The lowest BCUT2D eigenvalue weighted by Gasteiger charge is -2.34. The van der Waals surface area contributed by atoms with Gasteiger partial charge in [0, 0.05) is 7.05 Å². The third kappa shape index (κ3) is 2.03. The van der Waals surface area contributed by atoms with Gasteiger partial charge in [-0.1, -0.05) is 6.07 Å². The molecule has 1 atom stereocenters. The number of likely N-dealkylation sites (N-methyl/N-ethyl adjacent to an activating group) is 1. The Morgan fingerprint density at radius 3 is 2.63 bits per heavy atom. The van der Waals surface area contributed by atoms with Gasteiger partial charge in [0.15, 0.2) is 9.84 Å². The van der Waals surface area contributed by atoms with Crippen LogP contribution in [-0.4, -0.2) is 45.4 Å². The fourth-order valence-electron chi connectivity index (χ4n) is 2.34. The highest BCUT2D eigenvalue weighted by Crippen LogP contribution is 2.41. The molecule has 7 heteroatoms. The monoisotopic (exact) mass is 285 g/mol. The molecule has 2 rings (SSSR count). The zero-order chi connectivity index (χ0) is 14.4. The number of sulfone groups is 1. The fraction of sp³-hybridized carbons (Fsp3) is 0.417. The first-order valence-electron chi connectivity index (χ1n) is 5.65. The molecule has 1 N–H and O–H groups in total. The average molecular weight is 285 g/mol. The standard InChI is InChI=1S/C12H15NO5S/c1-7-4-5-9(18-3)10-11(7)19(16,17)6-8(12(14)15)13(10)2/h4-5,8H,6H2,1-3H3,(H,14,15). The van der Waals surface area contributed by atoms with Crippen LogP contribution >= 0.6 is 0 Å². The van der Waals surface area contributed by atoms with Gasteiger partial charge in [-0.3, -0.25) is 0 Å². The maximum Gasteiger partial charge on any atom is 0.327 e. The minimum Gasteiger partial charge on any atom is -0.495 e. The van der Waals surface area contributed by atoms with Gasteiger partial charge in [-0.15, -0.1) is 0 Å². The van der Waals surface area contributed by atoms with Crippen molar-refractivity contribution < 1.29 is 23.1 Å². The number of benzene rings is 1. The molecular formula is C12H15NO5S. The summed E-state index contributed by atoms with van der Waals surface area (Å²) in [5.41, 5.74) is 0.910. The van der Waals surface area contributed by atoms with Crippen molar-refractivity contribution in [2.75, 3.05) is 24.8 Å². The van der Waals surface area contributed by atoms with Crippen LogP contribution < -0.4 is 9.64 Å². The first kappa shape index (κ1) is 13.7. The molecule has 0 fully saturated rings. The highest BCUT2D eigenvalue weighted by molar-refractivity contribution is 7.91. The quantitative estimate of drug-likeness (QED) is 0.860. The number of fused-ring (bicyclic) bond motifs is 1. The number of carboxylic acids is 1. The average Bonchev–Trinajstić information content (AvgIpc) is 2.33. The van der Waals surface area contributed by atoms with E-state index in [1.807, 2.05) is 0 Å². The van der Waals surface area contributed by atoms with E-state index in [0.717, 1.165) is 0 Å². The number of ether oxygens (including phenoxy) is 1. The van der Waals surface area contributed by atoms with Crippen molar-refractivity contribution in [3.63, 3.8) is 0 Å². The number of anilines is 1. The Morgan fingerprint density at radius 1 is 1.47 bits per heavy atom. The van der Waals surface area contributed by atoms with E-state index in [9.17, 15) is 13.2 Å². The van der Waals surface area contributed by atoms with E-state index in [1.165, 1.54) is 12.0 Å². The van der Waals surface area contributed by atoms with Crippen LogP contribution in [-0.2, 0) is 14.6 Å². The SMILES string of the molecule is COc1ccc(C)c2c1N(C)C(C(=O)O)CS2(=O)=O. The van der Waals surface area contributed by atoms with Crippen LogP contribution in [0.3, 0.4) is 0 Å². The summed E-state index contributed by atoms with van der Waals surface area (Å²) in [5.74, 6) is -1.24. The van der Waals surface area contributed by atoms with E-state index in [0.29, 0.717) is 17.0 Å². The molecule has 0 saturated carbocycles. The second kappa shape index (κ2) is 4.41. The third-order valence-electron chi connectivity index (χ3n) is 3.30. The molecule has 104 valence electrons. The second-order valence-electron chi connectivity index (χ2n) is 4.51. The van der Waals surface area contributed by atoms with Gasteiger partial charge in [-0.2, -0.15) is 0 Å². The summed E-state index contributed by atoms with van der Waals surface area (Å²) in [4.78, 5) is 12.8. The molecular weight excluding hydrogens is 270 g/mol. The van der Waals surface area contributed by atoms with Gasteiger partial charge in [0.25, 0.3) is 0 Å². The molecule has 1 heterocycles. The van der Waals surface area contributed by atoms with Crippen LogP contribution in [0, 0.1) is 6.92 Å². The van der Waals surface area contributed by atoms with Gasteiger partial charge < -0.3 is 14.7 Å². The molecule has 0 aliphatic carbocycles. The first-order chi connectivity index (χ1) is 8.79. The largest absolute Gasteiger partial charge is 0.495 e. The number of nitrogens with zero attached hydrogens (tertiary/aromatic N) is 1. The minimum atomic E-state index is -3.63. The van der Waals surface area contributed by atoms with Crippen molar-refractivity contribution in [1.82, 2.24) is 0 Å².